The van der Waals surface area contributed by atoms with Gasteiger partial charge in [-0.05, 0) is 48.7 Å². The molecule has 7 nitrogen and oxygen atoms in total. The molecule has 0 saturated carbocycles. The largest absolute Gasteiger partial charge is 0.508 e. The van der Waals surface area contributed by atoms with Crippen molar-refractivity contribution in [2.45, 2.75) is 32.2 Å². The number of aromatic hydroxyl groups is 1. The number of anilines is 1. The first-order valence-corrected chi connectivity index (χ1v) is 10.7. The van der Waals surface area contributed by atoms with Crippen molar-refractivity contribution >= 4 is 23.4 Å². The van der Waals surface area contributed by atoms with Crippen molar-refractivity contribution in [2.75, 3.05) is 5.01 Å². The van der Waals surface area contributed by atoms with Crippen molar-refractivity contribution in [3.8, 4) is 16.9 Å². The second-order valence-electron chi connectivity index (χ2n) is 8.11. The summed E-state index contributed by atoms with van der Waals surface area (Å²) >= 11 is 0. The lowest BCUT2D eigenvalue weighted by atomic mass is 9.92. The highest BCUT2D eigenvalue weighted by Crippen LogP contribution is 2.39. The van der Waals surface area contributed by atoms with Gasteiger partial charge in [-0.2, -0.15) is 0 Å². The van der Waals surface area contributed by atoms with Gasteiger partial charge in [0.15, 0.2) is 0 Å². The van der Waals surface area contributed by atoms with Crippen LogP contribution in [0, 0.1) is 0 Å². The van der Waals surface area contributed by atoms with E-state index in [0.717, 1.165) is 16.7 Å². The zero-order valence-electron chi connectivity index (χ0n) is 18.4. The number of nitrogens with zero attached hydrogens (tertiary/aromatic N) is 1. The molecule has 1 unspecified atom stereocenters. The summed E-state index contributed by atoms with van der Waals surface area (Å²) in [5.41, 5.74) is 6.67. The van der Waals surface area contributed by atoms with Gasteiger partial charge in [0.2, 0.25) is 5.91 Å². The molecule has 1 aliphatic rings. The number of hydrazine groups is 1. The first-order chi connectivity index (χ1) is 15.8. The van der Waals surface area contributed by atoms with E-state index in [4.69, 9.17) is 0 Å². The van der Waals surface area contributed by atoms with Crippen LogP contribution in [0.3, 0.4) is 0 Å². The van der Waals surface area contributed by atoms with Crippen molar-refractivity contribution in [3.05, 3.63) is 83.9 Å². The van der Waals surface area contributed by atoms with Gasteiger partial charge in [-0.1, -0.05) is 54.6 Å². The monoisotopic (exact) mass is 443 g/mol. The van der Waals surface area contributed by atoms with E-state index in [2.05, 4.69) is 10.7 Å². The van der Waals surface area contributed by atoms with Gasteiger partial charge in [0.1, 0.15) is 11.8 Å². The summed E-state index contributed by atoms with van der Waals surface area (Å²) in [4.78, 5) is 38.7. The number of hydrogen-bond donors (Lipinski definition) is 3. The van der Waals surface area contributed by atoms with Gasteiger partial charge in [0, 0.05) is 5.56 Å². The Balaban J connectivity index is 1.51. The number of carbonyl (C=O) groups excluding carboxylic acids is 3. The maximum Gasteiger partial charge on any atom is 0.261 e. The van der Waals surface area contributed by atoms with Gasteiger partial charge in [0.25, 0.3) is 11.8 Å². The zero-order valence-corrected chi connectivity index (χ0v) is 18.4. The summed E-state index contributed by atoms with van der Waals surface area (Å²) in [5.74, 6) is -1.45. The summed E-state index contributed by atoms with van der Waals surface area (Å²) in [6.07, 6.45) is 0.0652. The molecule has 168 valence electrons. The van der Waals surface area contributed by atoms with Crippen LogP contribution in [-0.4, -0.2) is 28.9 Å². The summed E-state index contributed by atoms with van der Waals surface area (Å²) in [6.45, 7) is 3.38. The fraction of sp³-hybridized carbons (Fsp3) is 0.192. The molecule has 33 heavy (non-hydrogen) atoms. The average Bonchev–Trinajstić information content (AvgIpc) is 2.90. The highest BCUT2D eigenvalue weighted by molar-refractivity contribution is 6.06. The van der Waals surface area contributed by atoms with E-state index in [9.17, 15) is 19.5 Å². The van der Waals surface area contributed by atoms with Crippen LogP contribution in [0.25, 0.3) is 11.1 Å². The summed E-state index contributed by atoms with van der Waals surface area (Å²) in [7, 11) is 0. The Morgan fingerprint density at radius 2 is 1.61 bits per heavy atom. The van der Waals surface area contributed by atoms with Crippen molar-refractivity contribution < 1.29 is 19.5 Å². The van der Waals surface area contributed by atoms with Crippen LogP contribution < -0.4 is 15.8 Å². The number of benzene rings is 3. The van der Waals surface area contributed by atoms with Crippen molar-refractivity contribution in [1.82, 2.24) is 10.7 Å². The van der Waals surface area contributed by atoms with E-state index < -0.39 is 17.9 Å². The third-order valence-corrected chi connectivity index (χ3v) is 5.75. The van der Waals surface area contributed by atoms with Crippen LogP contribution in [0.2, 0.25) is 0 Å². The SMILES string of the molecule is CC1C(=O)N(NC(=O)[C@H](C)NC(=O)Cc2ccc(O)cc2)c2ccccc2-c2ccccc21. The number of phenols is 1. The van der Waals surface area contributed by atoms with Crippen LogP contribution in [-0.2, 0) is 20.8 Å². The number of amides is 3. The molecule has 2 atom stereocenters. The Morgan fingerprint density at radius 3 is 2.33 bits per heavy atom. The number of phenolic OH excluding ortho intramolecular Hbond substituents is 1. The molecule has 0 spiro atoms. The molecule has 0 aromatic heterocycles. The fourth-order valence-electron chi connectivity index (χ4n) is 3.94. The minimum Gasteiger partial charge on any atom is -0.508 e. The third kappa shape index (κ3) is 4.57. The van der Waals surface area contributed by atoms with Gasteiger partial charge in [-0.3, -0.25) is 19.8 Å². The first kappa shape index (κ1) is 22.1. The maximum atomic E-state index is 13.3. The molecule has 3 aromatic rings. The predicted octanol–water partition coefficient (Wildman–Crippen LogP) is 3.29. The average molecular weight is 444 g/mol. The zero-order chi connectivity index (χ0) is 23.5. The minimum atomic E-state index is -0.865. The molecule has 7 heteroatoms. The molecule has 3 N–H and O–H groups in total. The Hall–Kier alpha value is -4.13. The molecule has 0 saturated heterocycles. The molecule has 0 aliphatic carbocycles. The van der Waals surface area contributed by atoms with Crippen LogP contribution in [0.4, 0.5) is 5.69 Å². The van der Waals surface area contributed by atoms with Gasteiger partial charge in [0.05, 0.1) is 18.0 Å². The van der Waals surface area contributed by atoms with E-state index in [-0.39, 0.29) is 24.0 Å². The third-order valence-electron chi connectivity index (χ3n) is 5.75. The minimum absolute atomic E-state index is 0.0652. The quantitative estimate of drug-likeness (QED) is 0.564. The van der Waals surface area contributed by atoms with Gasteiger partial charge >= 0.3 is 0 Å². The summed E-state index contributed by atoms with van der Waals surface area (Å²) in [6, 6.07) is 20.5. The van der Waals surface area contributed by atoms with Crippen LogP contribution in [0.5, 0.6) is 5.75 Å². The molecule has 0 fully saturated rings. The Kier molecular flexibility index (Phi) is 6.13. The van der Waals surface area contributed by atoms with E-state index in [1.807, 2.05) is 49.4 Å². The summed E-state index contributed by atoms with van der Waals surface area (Å²) in [5, 5.41) is 13.3. The van der Waals surface area contributed by atoms with Gasteiger partial charge in [-0.15, -0.1) is 0 Å². The van der Waals surface area contributed by atoms with E-state index in [0.29, 0.717) is 11.3 Å². The van der Waals surface area contributed by atoms with E-state index in [1.54, 1.807) is 25.1 Å². The molecule has 0 bridgehead atoms. The standard InChI is InChI=1S/C26H25N3O4/c1-16-20-7-3-4-8-21(20)22-9-5-6-10-23(22)29(26(16)33)28-25(32)17(2)27-24(31)15-18-11-13-19(30)14-12-18/h3-14,16-17,30H,15H2,1-2H3,(H,27,31)(H,28,32)/t16?,17-/m0/s1. The number of carbonyl (C=O) groups is 3. The maximum absolute atomic E-state index is 13.3. The fourth-order valence-corrected chi connectivity index (χ4v) is 3.94. The highest BCUT2D eigenvalue weighted by Gasteiger charge is 2.33. The Bertz CT molecular complexity index is 1210. The first-order valence-electron chi connectivity index (χ1n) is 10.7. The lowest BCUT2D eigenvalue weighted by Crippen LogP contribution is -2.54. The van der Waals surface area contributed by atoms with Gasteiger partial charge in [-0.25, -0.2) is 5.01 Å². The van der Waals surface area contributed by atoms with Crippen molar-refractivity contribution in [1.29, 1.82) is 0 Å². The molecule has 3 aromatic carbocycles. The Morgan fingerprint density at radius 1 is 0.970 bits per heavy atom. The molecule has 3 amide bonds. The molecular formula is C26H25N3O4. The topological polar surface area (TPSA) is 98.7 Å². The number of para-hydroxylation sites is 1. The lowest BCUT2D eigenvalue weighted by Gasteiger charge is -2.27. The summed E-state index contributed by atoms with van der Waals surface area (Å²) < 4.78 is 0. The van der Waals surface area contributed by atoms with Gasteiger partial charge < -0.3 is 10.4 Å². The molecular weight excluding hydrogens is 418 g/mol. The smallest absolute Gasteiger partial charge is 0.261 e. The van der Waals surface area contributed by atoms with Crippen LogP contribution in [0.15, 0.2) is 72.8 Å². The second-order valence-corrected chi connectivity index (χ2v) is 8.11. The lowest BCUT2D eigenvalue weighted by molar-refractivity contribution is -0.130. The molecule has 1 heterocycles. The van der Waals surface area contributed by atoms with Crippen molar-refractivity contribution in [2.24, 2.45) is 0 Å². The highest BCUT2D eigenvalue weighted by atomic mass is 16.3. The number of fused-ring (bicyclic) bond motifs is 3. The van der Waals surface area contributed by atoms with E-state index >= 15 is 0 Å². The second kappa shape index (κ2) is 9.16. The van der Waals surface area contributed by atoms with Crippen LogP contribution >= 0.6 is 0 Å². The van der Waals surface area contributed by atoms with Crippen molar-refractivity contribution in [3.63, 3.8) is 0 Å². The molecule has 4 rings (SSSR count). The number of nitrogens with one attached hydrogen (secondary N) is 2. The molecule has 0 radical (unpaired) electrons. The normalized spacial score (nSPS) is 15.6. The Labute approximate surface area is 192 Å². The number of rotatable bonds is 5. The van der Waals surface area contributed by atoms with E-state index in [1.165, 1.54) is 17.1 Å². The predicted molar refractivity (Wildman–Crippen MR) is 125 cm³/mol. The van der Waals surface area contributed by atoms with Crippen LogP contribution in [0.1, 0.15) is 30.9 Å². The molecule has 1 aliphatic heterocycles. The number of hydrogen-bond acceptors (Lipinski definition) is 4.